The van der Waals surface area contributed by atoms with Crippen LogP contribution in [0.5, 0.6) is 11.5 Å². The van der Waals surface area contributed by atoms with Crippen molar-refractivity contribution >= 4 is 17.5 Å². The van der Waals surface area contributed by atoms with Crippen molar-refractivity contribution in [3.63, 3.8) is 0 Å². The molecule has 170 valence electrons. The number of piperidine rings is 1. The van der Waals surface area contributed by atoms with Gasteiger partial charge >= 0.3 is 0 Å². The number of anilines is 1. The summed E-state index contributed by atoms with van der Waals surface area (Å²) in [5.74, 6) is 1.31. The van der Waals surface area contributed by atoms with Gasteiger partial charge in [-0.25, -0.2) is 0 Å². The topological polar surface area (TPSA) is 67.9 Å². The minimum absolute atomic E-state index is 0.0549. The number of benzene rings is 3. The van der Waals surface area contributed by atoms with Gasteiger partial charge in [0, 0.05) is 36.0 Å². The van der Waals surface area contributed by atoms with E-state index < -0.39 is 0 Å². The summed E-state index contributed by atoms with van der Waals surface area (Å²) in [7, 11) is 1.62. The zero-order valence-corrected chi connectivity index (χ0v) is 18.8. The Kier molecular flexibility index (Phi) is 7.25. The van der Waals surface area contributed by atoms with Gasteiger partial charge < -0.3 is 19.7 Å². The first-order chi connectivity index (χ1) is 16.1. The van der Waals surface area contributed by atoms with Gasteiger partial charge in [-0.15, -0.1) is 0 Å². The Morgan fingerprint density at radius 3 is 2.21 bits per heavy atom. The van der Waals surface area contributed by atoms with Crippen molar-refractivity contribution in [2.45, 2.75) is 25.9 Å². The Bertz CT molecular complexity index is 1090. The maximum atomic E-state index is 12.6. The van der Waals surface area contributed by atoms with Gasteiger partial charge in [-0.05, 0) is 73.4 Å². The number of amides is 2. The molecule has 1 saturated heterocycles. The molecule has 1 heterocycles. The van der Waals surface area contributed by atoms with E-state index in [-0.39, 0.29) is 11.8 Å². The minimum atomic E-state index is -0.203. The van der Waals surface area contributed by atoms with Gasteiger partial charge in [-0.1, -0.05) is 18.2 Å². The Labute approximate surface area is 194 Å². The fourth-order valence-corrected chi connectivity index (χ4v) is 3.79. The number of nitrogens with zero attached hydrogens (tertiary/aromatic N) is 1. The molecule has 2 amide bonds. The van der Waals surface area contributed by atoms with Crippen LogP contribution < -0.4 is 14.8 Å². The van der Waals surface area contributed by atoms with E-state index >= 15 is 0 Å². The molecule has 6 nitrogen and oxygen atoms in total. The molecule has 0 bridgehead atoms. The molecule has 4 rings (SSSR count). The summed E-state index contributed by atoms with van der Waals surface area (Å²) in [4.78, 5) is 27.1. The molecular weight excluding hydrogens is 416 g/mol. The van der Waals surface area contributed by atoms with E-state index in [1.165, 1.54) is 6.42 Å². The van der Waals surface area contributed by atoms with E-state index in [4.69, 9.17) is 9.47 Å². The molecule has 0 saturated carbocycles. The number of methoxy groups -OCH3 is 1. The molecule has 6 heteroatoms. The zero-order chi connectivity index (χ0) is 23.0. The van der Waals surface area contributed by atoms with Crippen LogP contribution in [0.3, 0.4) is 0 Å². The summed E-state index contributed by atoms with van der Waals surface area (Å²) in [5, 5.41) is 2.88. The molecule has 0 spiro atoms. The van der Waals surface area contributed by atoms with Crippen LogP contribution >= 0.6 is 0 Å². The average molecular weight is 445 g/mol. The molecule has 1 aliphatic heterocycles. The molecule has 0 aromatic heterocycles. The van der Waals surface area contributed by atoms with E-state index in [0.717, 1.165) is 43.0 Å². The van der Waals surface area contributed by atoms with Crippen molar-refractivity contribution in [1.29, 1.82) is 0 Å². The summed E-state index contributed by atoms with van der Waals surface area (Å²) in [6.07, 6.45) is 3.31. The summed E-state index contributed by atoms with van der Waals surface area (Å²) in [6.45, 7) is 2.03. The highest BCUT2D eigenvalue weighted by Crippen LogP contribution is 2.20. The van der Waals surface area contributed by atoms with Gasteiger partial charge in [0.2, 0.25) is 0 Å². The van der Waals surface area contributed by atoms with Gasteiger partial charge in [0.25, 0.3) is 11.8 Å². The second-order valence-corrected chi connectivity index (χ2v) is 8.05. The predicted molar refractivity (Wildman–Crippen MR) is 128 cm³/mol. The third-order valence-electron chi connectivity index (χ3n) is 5.70. The van der Waals surface area contributed by atoms with E-state index in [1.54, 1.807) is 43.5 Å². The first-order valence-electron chi connectivity index (χ1n) is 11.2. The van der Waals surface area contributed by atoms with Crippen LogP contribution in [0, 0.1) is 0 Å². The summed E-state index contributed by atoms with van der Waals surface area (Å²) >= 11 is 0. The second kappa shape index (κ2) is 10.7. The van der Waals surface area contributed by atoms with Crippen LogP contribution in [0.15, 0.2) is 72.8 Å². The van der Waals surface area contributed by atoms with Crippen molar-refractivity contribution in [1.82, 2.24) is 4.90 Å². The molecule has 33 heavy (non-hydrogen) atoms. The number of hydrogen-bond donors (Lipinski definition) is 1. The Morgan fingerprint density at radius 1 is 0.848 bits per heavy atom. The third kappa shape index (κ3) is 5.92. The largest absolute Gasteiger partial charge is 0.497 e. The zero-order valence-electron chi connectivity index (χ0n) is 18.8. The predicted octanol–water partition coefficient (Wildman–Crippen LogP) is 5.15. The molecule has 1 N–H and O–H groups in total. The molecule has 0 aliphatic carbocycles. The first kappa shape index (κ1) is 22.4. The summed E-state index contributed by atoms with van der Waals surface area (Å²) < 4.78 is 11.0. The lowest BCUT2D eigenvalue weighted by Gasteiger charge is -2.26. The van der Waals surface area contributed by atoms with E-state index in [0.29, 0.717) is 23.4 Å². The fourth-order valence-electron chi connectivity index (χ4n) is 3.79. The van der Waals surface area contributed by atoms with Crippen molar-refractivity contribution in [2.75, 3.05) is 25.5 Å². The summed E-state index contributed by atoms with van der Waals surface area (Å²) in [6, 6.07) is 21.8. The summed E-state index contributed by atoms with van der Waals surface area (Å²) in [5.41, 5.74) is 2.81. The Morgan fingerprint density at radius 2 is 1.52 bits per heavy atom. The lowest BCUT2D eigenvalue weighted by molar-refractivity contribution is 0.0724. The van der Waals surface area contributed by atoms with Crippen LogP contribution in [0.2, 0.25) is 0 Å². The maximum Gasteiger partial charge on any atom is 0.255 e. The normalized spacial score (nSPS) is 13.3. The lowest BCUT2D eigenvalue weighted by Crippen LogP contribution is -2.35. The van der Waals surface area contributed by atoms with Crippen LogP contribution in [-0.2, 0) is 6.61 Å². The average Bonchev–Trinajstić information content (AvgIpc) is 2.88. The molecule has 1 aliphatic rings. The van der Waals surface area contributed by atoms with Gasteiger partial charge in [-0.3, -0.25) is 9.59 Å². The number of carbonyl (C=O) groups excluding carboxylic acids is 2. The van der Waals surface area contributed by atoms with Crippen molar-refractivity contribution < 1.29 is 19.1 Å². The number of rotatable bonds is 7. The Balaban J connectivity index is 1.31. The highest BCUT2D eigenvalue weighted by Gasteiger charge is 2.18. The Hall–Kier alpha value is -3.80. The third-order valence-corrected chi connectivity index (χ3v) is 5.70. The van der Waals surface area contributed by atoms with Crippen molar-refractivity contribution in [2.24, 2.45) is 0 Å². The monoisotopic (exact) mass is 444 g/mol. The highest BCUT2D eigenvalue weighted by atomic mass is 16.5. The van der Waals surface area contributed by atoms with Crippen LogP contribution in [0.4, 0.5) is 5.69 Å². The van der Waals surface area contributed by atoms with Crippen LogP contribution in [-0.4, -0.2) is 36.9 Å². The van der Waals surface area contributed by atoms with Gasteiger partial charge in [-0.2, -0.15) is 0 Å². The van der Waals surface area contributed by atoms with Crippen molar-refractivity contribution in [3.05, 3.63) is 89.5 Å². The molecular formula is C27H28N2O4. The van der Waals surface area contributed by atoms with Crippen LogP contribution in [0.25, 0.3) is 0 Å². The number of likely N-dealkylation sites (tertiary alicyclic amines) is 1. The first-order valence-corrected chi connectivity index (χ1v) is 11.2. The smallest absolute Gasteiger partial charge is 0.255 e. The van der Waals surface area contributed by atoms with Crippen molar-refractivity contribution in [3.8, 4) is 11.5 Å². The number of hydrogen-bond acceptors (Lipinski definition) is 4. The van der Waals surface area contributed by atoms with Gasteiger partial charge in [0.05, 0.1) is 7.11 Å². The highest BCUT2D eigenvalue weighted by molar-refractivity contribution is 6.04. The lowest BCUT2D eigenvalue weighted by atomic mass is 10.1. The number of nitrogens with one attached hydrogen (secondary N) is 1. The molecule has 0 radical (unpaired) electrons. The minimum Gasteiger partial charge on any atom is -0.497 e. The van der Waals surface area contributed by atoms with E-state index in [9.17, 15) is 9.59 Å². The standard InChI is InChI=1S/C27H28N2O4/c1-32-24-6-5-7-25(18-24)33-19-20-8-10-21(11-9-20)26(30)28-23-14-12-22(13-15-23)27(31)29-16-3-2-4-17-29/h5-15,18H,2-4,16-17,19H2,1H3,(H,28,30). The number of carbonyl (C=O) groups is 2. The van der Waals surface area contributed by atoms with Gasteiger partial charge in [0.1, 0.15) is 18.1 Å². The van der Waals surface area contributed by atoms with E-state index in [1.807, 2.05) is 41.3 Å². The fraction of sp³-hybridized carbons (Fsp3) is 0.259. The van der Waals surface area contributed by atoms with E-state index in [2.05, 4.69) is 5.32 Å². The molecule has 1 fully saturated rings. The quantitative estimate of drug-likeness (QED) is 0.547. The molecule has 0 atom stereocenters. The molecule has 3 aromatic rings. The van der Waals surface area contributed by atoms with Gasteiger partial charge in [0.15, 0.2) is 0 Å². The molecule has 3 aromatic carbocycles. The second-order valence-electron chi connectivity index (χ2n) is 8.05. The van der Waals surface area contributed by atoms with Crippen LogP contribution in [0.1, 0.15) is 45.5 Å². The number of ether oxygens (including phenoxy) is 2. The molecule has 0 unspecified atom stereocenters. The maximum absolute atomic E-state index is 12.6. The SMILES string of the molecule is COc1cccc(OCc2ccc(C(=O)Nc3ccc(C(=O)N4CCCCC4)cc3)cc2)c1.